The molecular weight excluding hydrogens is 274 g/mol. The van der Waals surface area contributed by atoms with Crippen molar-refractivity contribution in [3.63, 3.8) is 0 Å². The van der Waals surface area contributed by atoms with Crippen LogP contribution in [0, 0.1) is 0 Å². The maximum atomic E-state index is 12.5. The van der Waals surface area contributed by atoms with E-state index in [-0.39, 0.29) is 30.3 Å². The van der Waals surface area contributed by atoms with Gasteiger partial charge in [-0.15, -0.1) is 11.3 Å². The minimum atomic E-state index is -0.214. The summed E-state index contributed by atoms with van der Waals surface area (Å²) in [6.45, 7) is 3.61. The average Bonchev–Trinajstić information content (AvgIpc) is 2.99. The third kappa shape index (κ3) is 2.44. The number of fused-ring (bicyclic) bond motifs is 1. The number of carbonyl (C=O) groups is 2. The lowest BCUT2D eigenvalue weighted by molar-refractivity contribution is -0.157. The second-order valence-corrected chi connectivity index (χ2v) is 6.52. The average molecular weight is 293 g/mol. The lowest BCUT2D eigenvalue weighted by Gasteiger charge is -2.43. The van der Waals surface area contributed by atoms with Gasteiger partial charge in [-0.25, -0.2) is 4.98 Å². The van der Waals surface area contributed by atoms with Crippen LogP contribution in [0.4, 0.5) is 0 Å². The molecule has 2 aliphatic heterocycles. The van der Waals surface area contributed by atoms with Crippen LogP contribution in [0.25, 0.3) is 0 Å². The largest absolute Gasteiger partial charge is 0.331 e. The normalized spacial score (nSPS) is 24.8. The minimum Gasteiger partial charge on any atom is -0.331 e. The van der Waals surface area contributed by atoms with Crippen LogP contribution in [0.3, 0.4) is 0 Å². The zero-order chi connectivity index (χ0) is 14.1. The van der Waals surface area contributed by atoms with E-state index in [0.717, 1.165) is 30.8 Å². The van der Waals surface area contributed by atoms with Crippen LogP contribution in [0.1, 0.15) is 37.1 Å². The first-order valence-corrected chi connectivity index (χ1v) is 8.02. The van der Waals surface area contributed by atoms with Gasteiger partial charge in [-0.2, -0.15) is 0 Å². The molecule has 20 heavy (non-hydrogen) atoms. The van der Waals surface area contributed by atoms with E-state index >= 15 is 0 Å². The maximum absolute atomic E-state index is 12.5. The van der Waals surface area contributed by atoms with Crippen molar-refractivity contribution in [1.29, 1.82) is 0 Å². The van der Waals surface area contributed by atoms with E-state index in [9.17, 15) is 9.59 Å². The molecule has 0 bridgehead atoms. The van der Waals surface area contributed by atoms with Crippen molar-refractivity contribution >= 4 is 23.2 Å². The first kappa shape index (κ1) is 13.5. The van der Waals surface area contributed by atoms with Gasteiger partial charge in [-0.1, -0.05) is 6.92 Å². The van der Waals surface area contributed by atoms with Gasteiger partial charge in [0.05, 0.1) is 11.6 Å². The number of rotatable bonds is 3. The van der Waals surface area contributed by atoms with Gasteiger partial charge >= 0.3 is 0 Å². The number of aromatic nitrogens is 1. The molecule has 2 fully saturated rings. The highest BCUT2D eigenvalue weighted by Gasteiger charge is 2.40. The molecule has 2 unspecified atom stereocenters. The fourth-order valence-corrected chi connectivity index (χ4v) is 3.76. The maximum Gasteiger partial charge on any atom is 0.245 e. The molecule has 0 radical (unpaired) electrons. The third-order valence-corrected chi connectivity index (χ3v) is 5.12. The van der Waals surface area contributed by atoms with Gasteiger partial charge in [0.25, 0.3) is 0 Å². The van der Waals surface area contributed by atoms with Crippen molar-refractivity contribution in [3.05, 3.63) is 16.6 Å². The highest BCUT2D eigenvalue weighted by atomic mass is 32.1. The van der Waals surface area contributed by atoms with E-state index in [4.69, 9.17) is 0 Å². The van der Waals surface area contributed by atoms with Crippen molar-refractivity contribution in [2.45, 2.75) is 38.1 Å². The molecule has 1 aromatic heterocycles. The molecule has 0 aliphatic carbocycles. The highest BCUT2D eigenvalue weighted by molar-refractivity contribution is 7.09. The monoisotopic (exact) mass is 293 g/mol. The van der Waals surface area contributed by atoms with Crippen LogP contribution < -0.4 is 0 Å². The van der Waals surface area contributed by atoms with E-state index in [2.05, 4.69) is 11.9 Å². The molecular formula is C14H19N3O2S. The highest BCUT2D eigenvalue weighted by Crippen LogP contribution is 2.25. The Labute approximate surface area is 122 Å². The molecule has 2 aliphatic rings. The molecule has 3 rings (SSSR count). The van der Waals surface area contributed by atoms with E-state index in [1.165, 1.54) is 0 Å². The van der Waals surface area contributed by atoms with Crippen LogP contribution in [0.2, 0.25) is 0 Å². The number of piperidine rings is 1. The zero-order valence-electron chi connectivity index (χ0n) is 11.6. The summed E-state index contributed by atoms with van der Waals surface area (Å²) in [5, 5.41) is 2.97. The Morgan fingerprint density at radius 2 is 2.30 bits per heavy atom. The topological polar surface area (TPSA) is 53.5 Å². The van der Waals surface area contributed by atoms with Crippen molar-refractivity contribution in [3.8, 4) is 0 Å². The summed E-state index contributed by atoms with van der Waals surface area (Å²) in [5.74, 6) is 0.398. The van der Waals surface area contributed by atoms with Gasteiger partial charge in [0.1, 0.15) is 6.04 Å². The lowest BCUT2D eigenvalue weighted by atomic mass is 9.97. The molecule has 1 aromatic rings. The second-order valence-electron chi connectivity index (χ2n) is 5.59. The Morgan fingerprint density at radius 1 is 1.45 bits per heavy atom. The summed E-state index contributed by atoms with van der Waals surface area (Å²) in [4.78, 5) is 32.5. The standard InChI is InChI=1S/C14H19N3O2S/c1-10(13-15-5-7-20-13)8-16-9-12(18)17-6-3-2-4-11(17)14(16)19/h5,7,10-11H,2-4,6,8-9H2,1H3. The quantitative estimate of drug-likeness (QED) is 0.848. The number of hydrogen-bond donors (Lipinski definition) is 0. The van der Waals surface area contributed by atoms with Crippen LogP contribution in [0.5, 0.6) is 0 Å². The van der Waals surface area contributed by atoms with E-state index in [0.29, 0.717) is 6.54 Å². The number of carbonyl (C=O) groups excluding carboxylic acids is 2. The Kier molecular flexibility index (Phi) is 3.74. The first-order chi connectivity index (χ1) is 9.66. The first-order valence-electron chi connectivity index (χ1n) is 7.14. The van der Waals surface area contributed by atoms with E-state index < -0.39 is 0 Å². The number of thiazole rings is 1. The third-order valence-electron chi connectivity index (χ3n) is 4.11. The Balaban J connectivity index is 1.71. The summed E-state index contributed by atoms with van der Waals surface area (Å²) < 4.78 is 0. The summed E-state index contributed by atoms with van der Waals surface area (Å²) in [7, 11) is 0. The fourth-order valence-electron chi connectivity index (χ4n) is 3.07. The molecule has 108 valence electrons. The van der Waals surface area contributed by atoms with Crippen LogP contribution in [-0.2, 0) is 9.59 Å². The number of hydrogen-bond acceptors (Lipinski definition) is 4. The molecule has 2 atom stereocenters. The SMILES string of the molecule is CC(CN1CC(=O)N2CCCCC2C1=O)c1nccs1. The van der Waals surface area contributed by atoms with Gasteiger partial charge in [0.2, 0.25) is 11.8 Å². The fraction of sp³-hybridized carbons (Fsp3) is 0.643. The smallest absolute Gasteiger partial charge is 0.245 e. The minimum absolute atomic E-state index is 0.0978. The molecule has 3 heterocycles. The summed E-state index contributed by atoms with van der Waals surface area (Å²) in [6, 6.07) is -0.214. The van der Waals surface area contributed by atoms with Crippen LogP contribution in [0.15, 0.2) is 11.6 Å². The van der Waals surface area contributed by atoms with Crippen LogP contribution >= 0.6 is 11.3 Å². The number of nitrogens with zero attached hydrogens (tertiary/aromatic N) is 3. The number of amides is 2. The van der Waals surface area contributed by atoms with Gasteiger partial charge in [-0.3, -0.25) is 9.59 Å². The van der Waals surface area contributed by atoms with Gasteiger partial charge < -0.3 is 9.80 Å². The zero-order valence-corrected chi connectivity index (χ0v) is 12.4. The van der Waals surface area contributed by atoms with Gasteiger partial charge in [0.15, 0.2) is 0 Å². The summed E-state index contributed by atoms with van der Waals surface area (Å²) in [6.07, 6.45) is 4.65. The second kappa shape index (κ2) is 5.52. The van der Waals surface area contributed by atoms with Crippen molar-refractivity contribution in [1.82, 2.24) is 14.8 Å². The Morgan fingerprint density at radius 3 is 3.05 bits per heavy atom. The van der Waals surface area contributed by atoms with Crippen molar-refractivity contribution in [2.24, 2.45) is 0 Å². The summed E-state index contributed by atoms with van der Waals surface area (Å²) in [5.41, 5.74) is 0. The lowest BCUT2D eigenvalue weighted by Crippen LogP contribution is -2.61. The van der Waals surface area contributed by atoms with Crippen molar-refractivity contribution in [2.75, 3.05) is 19.6 Å². The Bertz CT molecular complexity index is 503. The molecule has 0 saturated carbocycles. The van der Waals surface area contributed by atoms with Crippen molar-refractivity contribution < 1.29 is 9.59 Å². The van der Waals surface area contributed by atoms with Gasteiger partial charge in [0, 0.05) is 30.6 Å². The molecule has 2 saturated heterocycles. The molecule has 2 amide bonds. The van der Waals surface area contributed by atoms with Gasteiger partial charge in [-0.05, 0) is 19.3 Å². The molecule has 0 spiro atoms. The Hall–Kier alpha value is -1.43. The van der Waals surface area contributed by atoms with Crippen LogP contribution in [-0.4, -0.2) is 52.3 Å². The summed E-state index contributed by atoms with van der Waals surface area (Å²) >= 11 is 1.60. The number of piperazine rings is 1. The predicted molar refractivity (Wildman–Crippen MR) is 76.5 cm³/mol. The molecule has 0 N–H and O–H groups in total. The molecule has 5 nitrogen and oxygen atoms in total. The van der Waals surface area contributed by atoms with E-state index in [1.54, 1.807) is 27.3 Å². The molecule has 0 aromatic carbocycles. The van der Waals surface area contributed by atoms with E-state index in [1.807, 2.05) is 5.38 Å². The molecule has 6 heteroatoms. The predicted octanol–water partition coefficient (Wildman–Crippen LogP) is 1.47.